The molecule has 6 nitrogen and oxygen atoms in total. The zero-order valence-corrected chi connectivity index (χ0v) is 13.1. The average Bonchev–Trinajstić information content (AvgIpc) is 2.86. The second kappa shape index (κ2) is 7.09. The molecule has 0 radical (unpaired) electrons. The van der Waals surface area contributed by atoms with Crippen LogP contribution in [0.5, 0.6) is 0 Å². The summed E-state index contributed by atoms with van der Waals surface area (Å²) in [6.45, 7) is 4.18. The van der Waals surface area contributed by atoms with Crippen LogP contribution in [0, 0.1) is 6.92 Å². The summed E-state index contributed by atoms with van der Waals surface area (Å²) in [4.78, 5) is 23.9. The molecule has 0 bridgehead atoms. The van der Waals surface area contributed by atoms with Crippen LogP contribution in [0.3, 0.4) is 0 Å². The first kappa shape index (κ1) is 16.0. The Hall–Kier alpha value is -2.34. The molecular formula is C15H17ClN4O2. The van der Waals surface area contributed by atoms with E-state index in [1.165, 1.54) is 0 Å². The lowest BCUT2D eigenvalue weighted by molar-refractivity contribution is -0.115. The predicted octanol–water partition coefficient (Wildman–Crippen LogP) is 2.23. The molecule has 2 aromatic rings. The van der Waals surface area contributed by atoms with E-state index in [-0.39, 0.29) is 18.4 Å². The van der Waals surface area contributed by atoms with Gasteiger partial charge in [0.05, 0.1) is 12.2 Å². The van der Waals surface area contributed by atoms with Crippen molar-refractivity contribution in [1.82, 2.24) is 15.1 Å². The lowest BCUT2D eigenvalue weighted by Crippen LogP contribution is -2.34. The van der Waals surface area contributed by atoms with Gasteiger partial charge in [-0.2, -0.15) is 5.10 Å². The van der Waals surface area contributed by atoms with Gasteiger partial charge in [-0.3, -0.25) is 14.3 Å². The number of rotatable bonds is 5. The van der Waals surface area contributed by atoms with Crippen LogP contribution in [0.2, 0.25) is 5.02 Å². The summed E-state index contributed by atoms with van der Waals surface area (Å²) in [6.07, 6.45) is 0. The predicted molar refractivity (Wildman–Crippen MR) is 85.1 cm³/mol. The summed E-state index contributed by atoms with van der Waals surface area (Å²) in [5.41, 5.74) is 1.78. The van der Waals surface area contributed by atoms with E-state index in [0.717, 1.165) is 5.69 Å². The van der Waals surface area contributed by atoms with Gasteiger partial charge in [0.15, 0.2) is 0 Å². The van der Waals surface area contributed by atoms with Crippen molar-refractivity contribution in [2.45, 2.75) is 20.4 Å². The van der Waals surface area contributed by atoms with Crippen molar-refractivity contribution < 1.29 is 9.59 Å². The van der Waals surface area contributed by atoms with Crippen LogP contribution in [-0.4, -0.2) is 28.1 Å². The molecule has 1 aromatic carbocycles. The number of benzene rings is 1. The quantitative estimate of drug-likeness (QED) is 0.887. The molecule has 0 fully saturated rings. The number of nitrogens with zero attached hydrogens (tertiary/aromatic N) is 2. The fraction of sp³-hybridized carbons (Fsp3) is 0.267. The number of halogens is 1. The first-order valence-electron chi connectivity index (χ1n) is 6.87. The Labute approximate surface area is 133 Å². The number of hydrogen-bond acceptors (Lipinski definition) is 3. The van der Waals surface area contributed by atoms with Gasteiger partial charge in [0, 0.05) is 17.3 Å². The summed E-state index contributed by atoms with van der Waals surface area (Å²) < 4.78 is 1.60. The Kier molecular flexibility index (Phi) is 5.16. The fourth-order valence-corrected chi connectivity index (χ4v) is 2.18. The smallest absolute Gasteiger partial charge is 0.269 e. The summed E-state index contributed by atoms with van der Waals surface area (Å²) >= 11 is 5.84. The van der Waals surface area contributed by atoms with E-state index in [9.17, 15) is 9.59 Å². The van der Waals surface area contributed by atoms with Gasteiger partial charge >= 0.3 is 0 Å². The molecule has 0 saturated carbocycles. The van der Waals surface area contributed by atoms with Crippen molar-refractivity contribution >= 4 is 29.1 Å². The number of aryl methyl sites for hydroxylation is 2. The SMILES string of the molecule is CCn1nc(C)cc1C(=O)NCC(=O)Nc1cccc(Cl)c1. The number of aromatic nitrogens is 2. The minimum absolute atomic E-state index is 0.126. The third-order valence-corrected chi connectivity index (χ3v) is 3.19. The van der Waals surface area contributed by atoms with Gasteiger partial charge in [0.25, 0.3) is 5.91 Å². The topological polar surface area (TPSA) is 76.0 Å². The maximum Gasteiger partial charge on any atom is 0.269 e. The van der Waals surface area contributed by atoms with Gasteiger partial charge in [0.1, 0.15) is 5.69 Å². The molecule has 2 amide bonds. The van der Waals surface area contributed by atoms with E-state index in [1.54, 1.807) is 35.0 Å². The highest BCUT2D eigenvalue weighted by molar-refractivity contribution is 6.30. The van der Waals surface area contributed by atoms with Gasteiger partial charge in [-0.15, -0.1) is 0 Å². The number of carbonyl (C=O) groups excluding carboxylic acids is 2. The fourth-order valence-electron chi connectivity index (χ4n) is 1.99. The minimum Gasteiger partial charge on any atom is -0.342 e. The summed E-state index contributed by atoms with van der Waals surface area (Å²) in [6, 6.07) is 8.50. The molecule has 0 spiro atoms. The summed E-state index contributed by atoms with van der Waals surface area (Å²) in [5.74, 6) is -0.654. The van der Waals surface area contributed by atoms with E-state index >= 15 is 0 Å². The molecule has 1 heterocycles. The number of anilines is 1. The third kappa shape index (κ3) is 4.08. The Morgan fingerprint density at radius 3 is 2.77 bits per heavy atom. The van der Waals surface area contributed by atoms with Crippen molar-refractivity contribution in [3.8, 4) is 0 Å². The third-order valence-electron chi connectivity index (χ3n) is 2.95. The molecule has 2 N–H and O–H groups in total. The molecule has 0 unspecified atom stereocenters. The van der Waals surface area contributed by atoms with Crippen LogP contribution < -0.4 is 10.6 Å². The van der Waals surface area contributed by atoms with Crippen LogP contribution in [0.1, 0.15) is 23.1 Å². The number of carbonyl (C=O) groups is 2. The lowest BCUT2D eigenvalue weighted by Gasteiger charge is -2.08. The minimum atomic E-state index is -0.330. The number of hydrogen-bond donors (Lipinski definition) is 2. The maximum absolute atomic E-state index is 12.1. The molecule has 0 aliphatic heterocycles. The van der Waals surface area contributed by atoms with E-state index < -0.39 is 0 Å². The monoisotopic (exact) mass is 320 g/mol. The Balaban J connectivity index is 1.92. The Morgan fingerprint density at radius 2 is 2.09 bits per heavy atom. The standard InChI is InChI=1S/C15H17ClN4O2/c1-3-20-13(7-10(2)19-20)15(22)17-9-14(21)18-12-6-4-5-11(16)8-12/h4-8H,3,9H2,1-2H3,(H,17,22)(H,18,21). The lowest BCUT2D eigenvalue weighted by atomic mass is 10.3. The van der Waals surface area contributed by atoms with Crippen molar-refractivity contribution in [1.29, 1.82) is 0 Å². The zero-order chi connectivity index (χ0) is 16.1. The first-order valence-corrected chi connectivity index (χ1v) is 7.25. The molecular weight excluding hydrogens is 304 g/mol. The van der Waals surface area contributed by atoms with Crippen molar-refractivity contribution in [3.05, 3.63) is 46.7 Å². The maximum atomic E-state index is 12.1. The molecule has 116 valence electrons. The van der Waals surface area contributed by atoms with Gasteiger partial charge in [-0.1, -0.05) is 17.7 Å². The molecule has 7 heteroatoms. The van der Waals surface area contributed by atoms with Crippen molar-refractivity contribution in [2.24, 2.45) is 0 Å². The largest absolute Gasteiger partial charge is 0.342 e. The van der Waals surface area contributed by atoms with Gasteiger partial charge in [-0.05, 0) is 38.1 Å². The zero-order valence-electron chi connectivity index (χ0n) is 12.4. The highest BCUT2D eigenvalue weighted by atomic mass is 35.5. The molecule has 0 aliphatic carbocycles. The van der Waals surface area contributed by atoms with Gasteiger partial charge in [-0.25, -0.2) is 0 Å². The second-order valence-electron chi connectivity index (χ2n) is 4.73. The normalized spacial score (nSPS) is 10.3. The van der Waals surface area contributed by atoms with Crippen LogP contribution in [0.25, 0.3) is 0 Å². The highest BCUT2D eigenvalue weighted by Gasteiger charge is 2.14. The molecule has 0 saturated heterocycles. The molecule has 2 rings (SSSR count). The van der Waals surface area contributed by atoms with Crippen LogP contribution >= 0.6 is 11.6 Å². The van der Waals surface area contributed by atoms with E-state index in [2.05, 4.69) is 15.7 Å². The Bertz CT molecular complexity index is 697. The van der Waals surface area contributed by atoms with Crippen LogP contribution in [0.4, 0.5) is 5.69 Å². The highest BCUT2D eigenvalue weighted by Crippen LogP contribution is 2.14. The molecule has 1 aromatic heterocycles. The molecule has 22 heavy (non-hydrogen) atoms. The second-order valence-corrected chi connectivity index (χ2v) is 5.16. The van der Waals surface area contributed by atoms with Crippen LogP contribution in [-0.2, 0) is 11.3 Å². The van der Waals surface area contributed by atoms with Crippen LogP contribution in [0.15, 0.2) is 30.3 Å². The molecule has 0 atom stereocenters. The summed E-state index contributed by atoms with van der Waals surface area (Å²) in [5, 5.41) is 9.97. The van der Waals surface area contributed by atoms with Gasteiger partial charge in [0.2, 0.25) is 5.91 Å². The summed E-state index contributed by atoms with van der Waals surface area (Å²) in [7, 11) is 0. The van der Waals surface area contributed by atoms with E-state index in [4.69, 9.17) is 11.6 Å². The average molecular weight is 321 g/mol. The van der Waals surface area contributed by atoms with Crippen molar-refractivity contribution in [3.63, 3.8) is 0 Å². The number of amides is 2. The van der Waals surface area contributed by atoms with Gasteiger partial charge < -0.3 is 10.6 Å². The molecule has 0 aliphatic rings. The van der Waals surface area contributed by atoms with E-state index in [1.807, 2.05) is 13.8 Å². The first-order chi connectivity index (χ1) is 10.5. The Morgan fingerprint density at radius 1 is 1.32 bits per heavy atom. The van der Waals surface area contributed by atoms with E-state index in [0.29, 0.717) is 22.9 Å². The van der Waals surface area contributed by atoms with Crippen molar-refractivity contribution in [2.75, 3.05) is 11.9 Å². The number of nitrogens with one attached hydrogen (secondary N) is 2.